The minimum Gasteiger partial charge on any atom is -0.395 e. The van der Waals surface area contributed by atoms with Crippen molar-refractivity contribution >= 4 is 15.9 Å². The second-order valence-electron chi connectivity index (χ2n) is 5.08. The molecule has 0 spiro atoms. The van der Waals surface area contributed by atoms with Crippen molar-refractivity contribution in [1.29, 1.82) is 0 Å². The van der Waals surface area contributed by atoms with Gasteiger partial charge in [0.1, 0.15) is 0 Å². The molecule has 0 saturated heterocycles. The van der Waals surface area contributed by atoms with Gasteiger partial charge in [0.25, 0.3) is 0 Å². The molecule has 0 bridgehead atoms. The zero-order valence-corrected chi connectivity index (χ0v) is 13.7. The van der Waals surface area contributed by atoms with Crippen LogP contribution in [0.2, 0.25) is 0 Å². The number of aliphatic hydroxyl groups excluding tert-OH is 1. The van der Waals surface area contributed by atoms with E-state index < -0.39 is 10.2 Å². The first-order valence-corrected chi connectivity index (χ1v) is 8.17. The van der Waals surface area contributed by atoms with Crippen LogP contribution in [0.15, 0.2) is 18.2 Å². The van der Waals surface area contributed by atoms with E-state index in [1.54, 1.807) is 26.0 Å². The number of aryl methyl sites for hydroxylation is 1. The maximum absolute atomic E-state index is 12.2. The summed E-state index contributed by atoms with van der Waals surface area (Å²) in [6.45, 7) is 5.50. The zero-order valence-electron chi connectivity index (χ0n) is 12.8. The summed E-state index contributed by atoms with van der Waals surface area (Å²) in [6.07, 6.45) is 0.394. The predicted octanol–water partition coefficient (Wildman–Crippen LogP) is 1.73. The van der Waals surface area contributed by atoms with Gasteiger partial charge in [-0.1, -0.05) is 11.8 Å². The van der Waals surface area contributed by atoms with Gasteiger partial charge in [-0.2, -0.15) is 12.7 Å². The van der Waals surface area contributed by atoms with Crippen LogP contribution in [-0.2, 0) is 10.2 Å². The molecule has 0 aliphatic rings. The summed E-state index contributed by atoms with van der Waals surface area (Å²) in [5.74, 6) is 5.73. The van der Waals surface area contributed by atoms with E-state index >= 15 is 0 Å². The molecule has 21 heavy (non-hydrogen) atoms. The molecule has 0 unspecified atom stereocenters. The first-order valence-electron chi connectivity index (χ1n) is 6.73. The predicted molar refractivity (Wildman–Crippen MR) is 85.2 cm³/mol. The molecule has 0 aromatic heterocycles. The molecular formula is C15H22N2O3S. The molecule has 5 nitrogen and oxygen atoms in total. The highest BCUT2D eigenvalue weighted by Crippen LogP contribution is 2.17. The van der Waals surface area contributed by atoms with Crippen LogP contribution < -0.4 is 4.72 Å². The van der Waals surface area contributed by atoms with Gasteiger partial charge in [-0.05, 0) is 44.5 Å². The van der Waals surface area contributed by atoms with Gasteiger partial charge in [0.2, 0.25) is 0 Å². The number of nitrogens with zero attached hydrogens (tertiary/aromatic N) is 1. The molecule has 0 aliphatic heterocycles. The van der Waals surface area contributed by atoms with E-state index in [1.165, 1.54) is 11.4 Å². The summed E-state index contributed by atoms with van der Waals surface area (Å²) >= 11 is 0. The van der Waals surface area contributed by atoms with Gasteiger partial charge in [-0.25, -0.2) is 0 Å². The number of hydrogen-bond acceptors (Lipinski definition) is 3. The lowest BCUT2D eigenvalue weighted by molar-refractivity contribution is 0.305. The molecule has 116 valence electrons. The average Bonchev–Trinajstić information content (AvgIpc) is 2.36. The van der Waals surface area contributed by atoms with Crippen LogP contribution in [0.1, 0.15) is 31.4 Å². The van der Waals surface area contributed by atoms with Crippen molar-refractivity contribution in [2.24, 2.45) is 0 Å². The van der Waals surface area contributed by atoms with Crippen molar-refractivity contribution in [3.05, 3.63) is 29.3 Å². The fourth-order valence-corrected chi connectivity index (χ4v) is 2.75. The molecule has 0 saturated carbocycles. The van der Waals surface area contributed by atoms with Crippen LogP contribution in [0.4, 0.5) is 5.69 Å². The van der Waals surface area contributed by atoms with Gasteiger partial charge in [0, 0.05) is 25.1 Å². The van der Waals surface area contributed by atoms with Crippen molar-refractivity contribution in [3.63, 3.8) is 0 Å². The normalized spacial score (nSPS) is 11.4. The van der Waals surface area contributed by atoms with E-state index in [9.17, 15) is 8.42 Å². The largest absolute Gasteiger partial charge is 0.395 e. The number of nitrogens with one attached hydrogen (secondary N) is 1. The van der Waals surface area contributed by atoms with Crippen LogP contribution in [0.25, 0.3) is 0 Å². The number of rotatable bonds is 5. The molecule has 0 amide bonds. The first-order chi connectivity index (χ1) is 9.76. The lowest BCUT2D eigenvalue weighted by atomic mass is 10.1. The van der Waals surface area contributed by atoms with E-state index in [-0.39, 0.29) is 12.6 Å². The molecule has 0 fully saturated rings. The summed E-state index contributed by atoms with van der Waals surface area (Å²) in [4.78, 5) is 0. The summed E-state index contributed by atoms with van der Waals surface area (Å²) in [7, 11) is -2.04. The van der Waals surface area contributed by atoms with Gasteiger partial charge >= 0.3 is 10.2 Å². The number of aliphatic hydroxyl groups is 1. The van der Waals surface area contributed by atoms with Gasteiger partial charge in [0.05, 0.1) is 12.3 Å². The molecule has 1 aromatic rings. The Labute approximate surface area is 127 Å². The maximum atomic E-state index is 12.2. The smallest absolute Gasteiger partial charge is 0.301 e. The Morgan fingerprint density at radius 1 is 1.33 bits per heavy atom. The summed E-state index contributed by atoms with van der Waals surface area (Å²) < 4.78 is 28.2. The first kappa shape index (κ1) is 17.5. The highest BCUT2D eigenvalue weighted by molar-refractivity contribution is 7.90. The third-order valence-electron chi connectivity index (χ3n) is 2.90. The standard InChI is InChI=1S/C15H22N2O3S/c1-12(2)17(4)21(19,20)16-15-10-13(3)9-14(11-15)7-5-6-8-18/h9-12,16,18H,6,8H2,1-4H3. The van der Waals surface area contributed by atoms with E-state index in [0.717, 1.165) is 5.56 Å². The Balaban J connectivity index is 3.02. The van der Waals surface area contributed by atoms with Crippen LogP contribution in [0.5, 0.6) is 0 Å². The van der Waals surface area contributed by atoms with Crippen LogP contribution in [0, 0.1) is 18.8 Å². The Morgan fingerprint density at radius 2 is 2.00 bits per heavy atom. The van der Waals surface area contributed by atoms with E-state index in [1.807, 2.05) is 13.0 Å². The minimum absolute atomic E-state index is 0.0114. The topological polar surface area (TPSA) is 69.6 Å². The number of anilines is 1. The van der Waals surface area contributed by atoms with Crippen molar-refractivity contribution in [1.82, 2.24) is 4.31 Å². The van der Waals surface area contributed by atoms with Crippen LogP contribution in [-0.4, -0.2) is 37.5 Å². The zero-order chi connectivity index (χ0) is 16.0. The summed E-state index contributed by atoms with van der Waals surface area (Å²) in [5.41, 5.74) is 2.11. The van der Waals surface area contributed by atoms with Gasteiger partial charge < -0.3 is 5.11 Å². The van der Waals surface area contributed by atoms with Crippen molar-refractivity contribution in [2.75, 3.05) is 18.4 Å². The van der Waals surface area contributed by atoms with Crippen LogP contribution >= 0.6 is 0 Å². The Hall–Kier alpha value is -1.55. The fourth-order valence-electron chi connectivity index (χ4n) is 1.63. The number of hydrogen-bond donors (Lipinski definition) is 2. The maximum Gasteiger partial charge on any atom is 0.301 e. The molecule has 1 aromatic carbocycles. The summed E-state index contributed by atoms with van der Waals surface area (Å²) in [6, 6.07) is 5.18. The molecule has 2 N–H and O–H groups in total. The molecule has 0 atom stereocenters. The molecule has 0 radical (unpaired) electrons. The van der Waals surface area contributed by atoms with E-state index in [0.29, 0.717) is 17.7 Å². The van der Waals surface area contributed by atoms with Crippen molar-refractivity contribution in [3.8, 4) is 11.8 Å². The Morgan fingerprint density at radius 3 is 2.57 bits per heavy atom. The summed E-state index contributed by atoms with van der Waals surface area (Å²) in [5, 5.41) is 8.72. The molecule has 6 heteroatoms. The highest BCUT2D eigenvalue weighted by Gasteiger charge is 2.20. The van der Waals surface area contributed by atoms with Gasteiger partial charge in [-0.15, -0.1) is 0 Å². The Kier molecular flexibility index (Phi) is 6.21. The van der Waals surface area contributed by atoms with Crippen LogP contribution in [0.3, 0.4) is 0 Å². The lowest BCUT2D eigenvalue weighted by Crippen LogP contribution is -2.37. The molecular weight excluding hydrogens is 288 g/mol. The molecule has 0 aliphatic carbocycles. The quantitative estimate of drug-likeness (QED) is 0.814. The van der Waals surface area contributed by atoms with Crippen molar-refractivity contribution in [2.45, 2.75) is 33.2 Å². The number of benzene rings is 1. The Bertz CT molecular complexity index is 643. The second-order valence-corrected chi connectivity index (χ2v) is 6.81. The lowest BCUT2D eigenvalue weighted by Gasteiger charge is -2.21. The van der Waals surface area contributed by atoms with Gasteiger partial charge in [-0.3, -0.25) is 4.72 Å². The van der Waals surface area contributed by atoms with E-state index in [4.69, 9.17) is 5.11 Å². The SMILES string of the molecule is Cc1cc(C#CCCO)cc(NS(=O)(=O)N(C)C(C)C)c1. The van der Waals surface area contributed by atoms with Gasteiger partial charge in [0.15, 0.2) is 0 Å². The molecule has 0 heterocycles. The molecule has 1 rings (SSSR count). The van der Waals surface area contributed by atoms with E-state index in [2.05, 4.69) is 16.6 Å². The third kappa shape index (κ3) is 5.38. The monoisotopic (exact) mass is 310 g/mol. The highest BCUT2D eigenvalue weighted by atomic mass is 32.2. The van der Waals surface area contributed by atoms with Crippen molar-refractivity contribution < 1.29 is 13.5 Å². The average molecular weight is 310 g/mol. The fraction of sp³-hybridized carbons (Fsp3) is 0.467. The second kappa shape index (κ2) is 7.46. The third-order valence-corrected chi connectivity index (χ3v) is 4.57. The minimum atomic E-state index is -3.58.